The van der Waals surface area contributed by atoms with Crippen molar-refractivity contribution in [1.82, 2.24) is 20.0 Å². The smallest absolute Gasteiger partial charge is 0.260 e. The number of piperidine rings is 1. The molecule has 1 aliphatic heterocycles. The average molecular weight is 360 g/mol. The van der Waals surface area contributed by atoms with Crippen molar-refractivity contribution < 1.29 is 18.7 Å². The number of likely N-dealkylation sites (tertiary alicyclic amines) is 1. The van der Waals surface area contributed by atoms with Gasteiger partial charge in [-0.15, -0.1) is 0 Å². The van der Waals surface area contributed by atoms with Gasteiger partial charge < -0.3 is 15.0 Å². The number of amides is 2. The van der Waals surface area contributed by atoms with Crippen LogP contribution in [0.4, 0.5) is 4.39 Å². The van der Waals surface area contributed by atoms with Crippen LogP contribution in [0.2, 0.25) is 0 Å². The molecule has 1 N–H and O–H groups in total. The van der Waals surface area contributed by atoms with Gasteiger partial charge in [0.05, 0.1) is 6.54 Å². The third-order valence-corrected chi connectivity index (χ3v) is 4.59. The maximum atomic E-state index is 12.9. The summed E-state index contributed by atoms with van der Waals surface area (Å²) >= 11 is 0. The van der Waals surface area contributed by atoms with Crippen LogP contribution in [0.3, 0.4) is 0 Å². The summed E-state index contributed by atoms with van der Waals surface area (Å²) in [5.41, 5.74) is -0.929. The summed E-state index contributed by atoms with van der Waals surface area (Å²) in [6.07, 6.45) is 4.62. The number of carbonyl (C=O) groups excluding carboxylic acids is 2. The molecular formula is C18H21FN4O3. The van der Waals surface area contributed by atoms with Crippen molar-refractivity contribution in [3.05, 3.63) is 48.5 Å². The summed E-state index contributed by atoms with van der Waals surface area (Å²) in [7, 11) is 1.58. The second-order valence-electron chi connectivity index (χ2n) is 6.22. The van der Waals surface area contributed by atoms with Crippen molar-refractivity contribution in [2.24, 2.45) is 0 Å². The van der Waals surface area contributed by atoms with Gasteiger partial charge in [0.2, 0.25) is 5.91 Å². The van der Waals surface area contributed by atoms with Gasteiger partial charge in [-0.25, -0.2) is 4.39 Å². The molecule has 1 aromatic carbocycles. The van der Waals surface area contributed by atoms with Gasteiger partial charge in [0.25, 0.3) is 5.91 Å². The predicted molar refractivity (Wildman–Crippen MR) is 92.0 cm³/mol. The Balaban J connectivity index is 1.71. The topological polar surface area (TPSA) is 76.5 Å². The van der Waals surface area contributed by atoms with Crippen LogP contribution in [0.25, 0.3) is 0 Å². The molecule has 0 saturated carbocycles. The summed E-state index contributed by atoms with van der Waals surface area (Å²) in [5.74, 6) is -0.358. The molecule has 1 unspecified atom stereocenters. The van der Waals surface area contributed by atoms with E-state index < -0.39 is 5.54 Å². The Morgan fingerprint density at radius 2 is 2.12 bits per heavy atom. The van der Waals surface area contributed by atoms with E-state index in [1.54, 1.807) is 35.1 Å². The fourth-order valence-corrected chi connectivity index (χ4v) is 3.25. The van der Waals surface area contributed by atoms with Crippen molar-refractivity contribution in [3.8, 4) is 5.75 Å². The van der Waals surface area contributed by atoms with E-state index in [-0.39, 0.29) is 30.8 Å². The second kappa shape index (κ2) is 7.55. The van der Waals surface area contributed by atoms with Crippen LogP contribution in [0.15, 0.2) is 42.7 Å². The quantitative estimate of drug-likeness (QED) is 0.868. The summed E-state index contributed by atoms with van der Waals surface area (Å²) in [6.45, 7) is 0.597. The molecule has 1 fully saturated rings. The third-order valence-electron chi connectivity index (χ3n) is 4.59. The lowest BCUT2D eigenvalue weighted by molar-refractivity contribution is -0.142. The van der Waals surface area contributed by atoms with Crippen LogP contribution >= 0.6 is 0 Å². The molecule has 138 valence electrons. The fraction of sp³-hybridized carbons (Fsp3) is 0.389. The van der Waals surface area contributed by atoms with Crippen molar-refractivity contribution in [2.45, 2.75) is 18.4 Å². The maximum absolute atomic E-state index is 12.9. The first kappa shape index (κ1) is 17.9. The van der Waals surface area contributed by atoms with Gasteiger partial charge in [-0.1, -0.05) is 0 Å². The molecule has 1 aromatic heterocycles. The van der Waals surface area contributed by atoms with Crippen LogP contribution in [0.1, 0.15) is 12.8 Å². The molecule has 1 atom stereocenters. The molecule has 2 heterocycles. The molecule has 0 radical (unpaired) electrons. The number of hydrogen-bond acceptors (Lipinski definition) is 4. The number of rotatable bonds is 5. The van der Waals surface area contributed by atoms with Gasteiger partial charge >= 0.3 is 0 Å². The number of carbonyl (C=O) groups is 2. The summed E-state index contributed by atoms with van der Waals surface area (Å²) < 4.78 is 20.0. The number of halogens is 1. The van der Waals surface area contributed by atoms with E-state index in [4.69, 9.17) is 4.74 Å². The highest BCUT2D eigenvalue weighted by Crippen LogP contribution is 2.29. The lowest BCUT2D eigenvalue weighted by Crippen LogP contribution is -2.59. The molecule has 2 amide bonds. The minimum Gasteiger partial charge on any atom is -0.484 e. The Kier molecular flexibility index (Phi) is 5.20. The van der Waals surface area contributed by atoms with E-state index in [0.717, 1.165) is 0 Å². The summed E-state index contributed by atoms with van der Waals surface area (Å²) in [4.78, 5) is 26.8. The Morgan fingerprint density at radius 3 is 2.77 bits per heavy atom. The number of benzene rings is 1. The van der Waals surface area contributed by atoms with E-state index >= 15 is 0 Å². The van der Waals surface area contributed by atoms with E-state index in [2.05, 4.69) is 10.4 Å². The Labute approximate surface area is 150 Å². The molecule has 0 spiro atoms. The van der Waals surface area contributed by atoms with Crippen molar-refractivity contribution in [1.29, 1.82) is 0 Å². The van der Waals surface area contributed by atoms with Gasteiger partial charge in [0.1, 0.15) is 11.6 Å². The lowest BCUT2D eigenvalue weighted by atomic mass is 9.88. The third kappa shape index (κ3) is 3.54. The van der Waals surface area contributed by atoms with Crippen molar-refractivity contribution >= 4 is 11.8 Å². The minimum absolute atomic E-state index is 0.172. The number of aromatic nitrogens is 2. The van der Waals surface area contributed by atoms with Gasteiger partial charge in [-0.2, -0.15) is 5.10 Å². The molecule has 2 aromatic rings. The molecule has 1 aliphatic rings. The fourth-order valence-electron chi connectivity index (χ4n) is 3.25. The molecular weight excluding hydrogens is 339 g/mol. The normalized spacial score (nSPS) is 19.8. The van der Waals surface area contributed by atoms with E-state index in [1.165, 1.54) is 24.3 Å². The summed E-state index contributed by atoms with van der Waals surface area (Å²) in [6, 6.07) is 7.24. The zero-order valence-corrected chi connectivity index (χ0v) is 14.5. The minimum atomic E-state index is -0.929. The van der Waals surface area contributed by atoms with Crippen molar-refractivity contribution in [3.63, 3.8) is 0 Å². The Bertz CT molecular complexity index is 763. The zero-order chi connectivity index (χ0) is 18.6. The number of likely N-dealkylation sites (N-methyl/N-ethyl adjacent to an activating group) is 1. The highest BCUT2D eigenvalue weighted by molar-refractivity contribution is 5.86. The summed E-state index contributed by atoms with van der Waals surface area (Å²) in [5, 5.41) is 6.91. The largest absolute Gasteiger partial charge is 0.484 e. The van der Waals surface area contributed by atoms with Gasteiger partial charge in [0, 0.05) is 26.0 Å². The van der Waals surface area contributed by atoms with Gasteiger partial charge in [-0.3, -0.25) is 14.3 Å². The zero-order valence-electron chi connectivity index (χ0n) is 14.5. The molecule has 8 heteroatoms. The average Bonchev–Trinajstić information content (AvgIpc) is 3.22. The number of nitrogens with zero attached hydrogens (tertiary/aromatic N) is 3. The number of ether oxygens (including phenoxy) is 1. The molecule has 0 bridgehead atoms. The van der Waals surface area contributed by atoms with Crippen LogP contribution in [-0.2, 0) is 15.1 Å². The maximum Gasteiger partial charge on any atom is 0.260 e. The lowest BCUT2D eigenvalue weighted by Gasteiger charge is -2.41. The Morgan fingerprint density at radius 1 is 1.35 bits per heavy atom. The highest BCUT2D eigenvalue weighted by atomic mass is 19.1. The first-order valence-electron chi connectivity index (χ1n) is 8.43. The molecule has 7 nitrogen and oxygen atoms in total. The van der Waals surface area contributed by atoms with Crippen molar-refractivity contribution in [2.75, 3.05) is 26.7 Å². The Hall–Kier alpha value is -2.90. The van der Waals surface area contributed by atoms with Crippen LogP contribution in [-0.4, -0.2) is 53.2 Å². The molecule has 1 saturated heterocycles. The second-order valence-corrected chi connectivity index (χ2v) is 6.22. The SMILES string of the molecule is CNC(=O)C1(n2cccn2)CCCN(C(=O)COc2ccc(F)cc2)C1. The van der Waals surface area contributed by atoms with Crippen LogP contribution in [0.5, 0.6) is 5.75 Å². The molecule has 26 heavy (non-hydrogen) atoms. The van der Waals surface area contributed by atoms with Crippen LogP contribution < -0.4 is 10.1 Å². The molecule has 3 rings (SSSR count). The first-order chi connectivity index (χ1) is 12.5. The predicted octanol–water partition coefficient (Wildman–Crippen LogP) is 1.16. The standard InChI is InChI=1S/C18H21FN4O3/c1-20-17(25)18(23-11-3-9-21-23)8-2-10-22(13-18)16(24)12-26-15-6-4-14(19)5-7-15/h3-7,9,11H,2,8,10,12-13H2,1H3,(H,20,25). The highest BCUT2D eigenvalue weighted by Gasteiger charge is 2.45. The van der Waals surface area contributed by atoms with E-state index in [0.29, 0.717) is 25.1 Å². The number of hydrogen-bond donors (Lipinski definition) is 1. The van der Waals surface area contributed by atoms with E-state index in [1.807, 2.05) is 0 Å². The van der Waals surface area contributed by atoms with Crippen LogP contribution in [0, 0.1) is 5.82 Å². The number of nitrogens with one attached hydrogen (secondary N) is 1. The monoisotopic (exact) mass is 360 g/mol. The molecule has 0 aliphatic carbocycles. The van der Waals surface area contributed by atoms with E-state index in [9.17, 15) is 14.0 Å². The van der Waals surface area contributed by atoms with Gasteiger partial charge in [-0.05, 0) is 43.2 Å². The first-order valence-corrected chi connectivity index (χ1v) is 8.43. The van der Waals surface area contributed by atoms with Gasteiger partial charge in [0.15, 0.2) is 12.1 Å².